The van der Waals surface area contributed by atoms with E-state index in [0.29, 0.717) is 30.7 Å². The van der Waals surface area contributed by atoms with E-state index in [4.69, 9.17) is 4.74 Å². The summed E-state index contributed by atoms with van der Waals surface area (Å²) in [6.45, 7) is 2.05. The summed E-state index contributed by atoms with van der Waals surface area (Å²) in [6.07, 6.45) is 1.02. The van der Waals surface area contributed by atoms with Gasteiger partial charge in [-0.3, -0.25) is 4.79 Å². The fourth-order valence-electron chi connectivity index (χ4n) is 2.09. The van der Waals surface area contributed by atoms with Crippen LogP contribution in [0.4, 0.5) is 5.69 Å². The maximum absolute atomic E-state index is 12.1. The molecule has 0 radical (unpaired) electrons. The number of hydrogen-bond donors (Lipinski definition) is 1. The third-order valence-corrected chi connectivity index (χ3v) is 3.18. The summed E-state index contributed by atoms with van der Waals surface area (Å²) in [5.41, 5.74) is 1.97. The summed E-state index contributed by atoms with van der Waals surface area (Å²) < 4.78 is 4.99. The maximum atomic E-state index is 12.1. The highest BCUT2D eigenvalue weighted by molar-refractivity contribution is 6.01. The first kappa shape index (κ1) is 15.8. The van der Waals surface area contributed by atoms with E-state index >= 15 is 0 Å². The van der Waals surface area contributed by atoms with Crippen LogP contribution in [0, 0.1) is 0 Å². The molecule has 0 atom stereocenters. The van der Waals surface area contributed by atoms with Crippen LogP contribution in [0.2, 0.25) is 0 Å². The van der Waals surface area contributed by atoms with E-state index in [-0.39, 0.29) is 5.91 Å². The number of amides is 1. The lowest BCUT2D eigenvalue weighted by Gasteiger charge is -2.10. The Morgan fingerprint density at radius 3 is 2.41 bits per heavy atom. The number of benzene rings is 2. The van der Waals surface area contributed by atoms with Crippen molar-refractivity contribution in [2.45, 2.75) is 19.8 Å². The Morgan fingerprint density at radius 2 is 1.68 bits per heavy atom. The first-order valence-electron chi connectivity index (χ1n) is 7.30. The number of ether oxygens (including phenoxy) is 1. The van der Waals surface area contributed by atoms with Crippen molar-refractivity contribution in [3.8, 4) is 0 Å². The summed E-state index contributed by atoms with van der Waals surface area (Å²) in [6, 6.07) is 16.7. The molecular weight excluding hydrogens is 278 g/mol. The number of aryl methyl sites for hydroxylation is 1. The van der Waals surface area contributed by atoms with E-state index in [1.54, 1.807) is 31.2 Å². The molecule has 2 aromatic rings. The van der Waals surface area contributed by atoms with E-state index in [1.807, 2.05) is 30.3 Å². The van der Waals surface area contributed by atoms with Crippen molar-refractivity contribution in [2.75, 3.05) is 11.9 Å². The van der Waals surface area contributed by atoms with Gasteiger partial charge in [-0.1, -0.05) is 42.5 Å². The Kier molecular flexibility index (Phi) is 5.72. The minimum Gasteiger partial charge on any atom is -0.462 e. The molecule has 1 N–H and O–H groups in total. The number of nitrogens with one attached hydrogen (secondary N) is 1. The molecule has 0 fully saturated rings. The van der Waals surface area contributed by atoms with Crippen molar-refractivity contribution < 1.29 is 14.3 Å². The second-order valence-corrected chi connectivity index (χ2v) is 4.80. The Labute approximate surface area is 130 Å². The Morgan fingerprint density at radius 1 is 1.00 bits per heavy atom. The van der Waals surface area contributed by atoms with E-state index in [1.165, 1.54) is 0 Å². The quantitative estimate of drug-likeness (QED) is 0.831. The van der Waals surface area contributed by atoms with Gasteiger partial charge in [-0.25, -0.2) is 4.79 Å². The van der Waals surface area contributed by atoms with Crippen LogP contribution in [0.15, 0.2) is 54.6 Å². The molecule has 114 valence electrons. The predicted molar refractivity (Wildman–Crippen MR) is 85.8 cm³/mol. The third-order valence-electron chi connectivity index (χ3n) is 3.18. The average molecular weight is 297 g/mol. The van der Waals surface area contributed by atoms with Crippen molar-refractivity contribution in [3.63, 3.8) is 0 Å². The zero-order valence-electron chi connectivity index (χ0n) is 12.5. The van der Waals surface area contributed by atoms with E-state index < -0.39 is 5.97 Å². The van der Waals surface area contributed by atoms with Gasteiger partial charge in [-0.2, -0.15) is 0 Å². The fraction of sp³-hybridized carbons (Fsp3) is 0.222. The smallest absolute Gasteiger partial charge is 0.340 e. The largest absolute Gasteiger partial charge is 0.462 e. The number of esters is 1. The average Bonchev–Trinajstić information content (AvgIpc) is 2.54. The summed E-state index contributed by atoms with van der Waals surface area (Å²) in [5.74, 6) is -0.554. The van der Waals surface area contributed by atoms with Gasteiger partial charge in [0.25, 0.3) is 0 Å². The van der Waals surface area contributed by atoms with Gasteiger partial charge in [0.15, 0.2) is 0 Å². The molecule has 0 aliphatic carbocycles. The molecule has 2 aromatic carbocycles. The first-order valence-corrected chi connectivity index (χ1v) is 7.30. The number of para-hydroxylation sites is 1. The molecule has 0 saturated heterocycles. The molecule has 0 heterocycles. The van der Waals surface area contributed by atoms with Crippen LogP contribution in [0.5, 0.6) is 0 Å². The topological polar surface area (TPSA) is 55.4 Å². The van der Waals surface area contributed by atoms with Crippen molar-refractivity contribution in [1.82, 2.24) is 0 Å². The number of anilines is 1. The van der Waals surface area contributed by atoms with E-state index in [0.717, 1.165) is 5.56 Å². The SMILES string of the molecule is CCOC(=O)c1ccccc1NC(=O)CCc1ccccc1. The van der Waals surface area contributed by atoms with Crippen molar-refractivity contribution in [3.05, 3.63) is 65.7 Å². The standard InChI is InChI=1S/C18H19NO3/c1-2-22-18(21)15-10-6-7-11-16(15)19-17(20)13-12-14-8-4-3-5-9-14/h3-11H,2,12-13H2,1H3,(H,19,20). The Hall–Kier alpha value is -2.62. The zero-order chi connectivity index (χ0) is 15.8. The van der Waals surface area contributed by atoms with Crippen LogP contribution in [-0.2, 0) is 16.0 Å². The number of carbonyl (C=O) groups is 2. The van der Waals surface area contributed by atoms with Gasteiger partial charge in [-0.05, 0) is 31.0 Å². The lowest BCUT2D eigenvalue weighted by atomic mass is 10.1. The highest BCUT2D eigenvalue weighted by atomic mass is 16.5. The van der Waals surface area contributed by atoms with E-state index in [9.17, 15) is 9.59 Å². The Balaban J connectivity index is 1.98. The molecule has 0 unspecified atom stereocenters. The first-order chi connectivity index (χ1) is 10.7. The molecule has 1 amide bonds. The van der Waals surface area contributed by atoms with Crippen molar-refractivity contribution in [1.29, 1.82) is 0 Å². The normalized spacial score (nSPS) is 10.0. The molecule has 0 spiro atoms. The molecule has 0 bridgehead atoms. The molecule has 0 aliphatic heterocycles. The van der Waals surface area contributed by atoms with Crippen LogP contribution in [0.25, 0.3) is 0 Å². The monoisotopic (exact) mass is 297 g/mol. The predicted octanol–water partition coefficient (Wildman–Crippen LogP) is 3.43. The summed E-state index contributed by atoms with van der Waals surface area (Å²) in [7, 11) is 0. The molecule has 4 nitrogen and oxygen atoms in total. The van der Waals surface area contributed by atoms with Crippen LogP contribution < -0.4 is 5.32 Å². The van der Waals surface area contributed by atoms with Crippen LogP contribution in [0.1, 0.15) is 29.3 Å². The molecule has 22 heavy (non-hydrogen) atoms. The second kappa shape index (κ2) is 7.98. The highest BCUT2D eigenvalue weighted by Crippen LogP contribution is 2.17. The van der Waals surface area contributed by atoms with Gasteiger partial charge in [0, 0.05) is 6.42 Å². The molecule has 0 aromatic heterocycles. The van der Waals surface area contributed by atoms with Gasteiger partial charge >= 0.3 is 5.97 Å². The zero-order valence-corrected chi connectivity index (χ0v) is 12.5. The van der Waals surface area contributed by atoms with Gasteiger partial charge in [0.1, 0.15) is 0 Å². The molecule has 0 aliphatic rings. The third kappa shape index (κ3) is 4.45. The van der Waals surface area contributed by atoms with E-state index in [2.05, 4.69) is 5.32 Å². The Bertz CT molecular complexity index is 638. The van der Waals surface area contributed by atoms with Gasteiger partial charge < -0.3 is 10.1 Å². The maximum Gasteiger partial charge on any atom is 0.340 e. The summed E-state index contributed by atoms with van der Waals surface area (Å²) >= 11 is 0. The minimum atomic E-state index is -0.429. The lowest BCUT2D eigenvalue weighted by molar-refractivity contribution is -0.116. The van der Waals surface area contributed by atoms with Crippen LogP contribution in [0.3, 0.4) is 0 Å². The van der Waals surface area contributed by atoms with Gasteiger partial charge in [0.2, 0.25) is 5.91 Å². The van der Waals surface area contributed by atoms with Gasteiger partial charge in [-0.15, -0.1) is 0 Å². The number of carbonyl (C=O) groups excluding carboxylic acids is 2. The van der Waals surface area contributed by atoms with Crippen LogP contribution in [-0.4, -0.2) is 18.5 Å². The lowest BCUT2D eigenvalue weighted by Crippen LogP contribution is -2.16. The fourth-order valence-corrected chi connectivity index (χ4v) is 2.09. The minimum absolute atomic E-state index is 0.124. The second-order valence-electron chi connectivity index (χ2n) is 4.80. The molecule has 4 heteroatoms. The highest BCUT2D eigenvalue weighted by Gasteiger charge is 2.13. The summed E-state index contributed by atoms with van der Waals surface area (Å²) in [4.78, 5) is 23.9. The van der Waals surface area contributed by atoms with Crippen molar-refractivity contribution in [2.24, 2.45) is 0 Å². The molecular formula is C18H19NO3. The number of hydrogen-bond acceptors (Lipinski definition) is 3. The van der Waals surface area contributed by atoms with Gasteiger partial charge in [0.05, 0.1) is 17.9 Å². The van der Waals surface area contributed by atoms with Crippen molar-refractivity contribution >= 4 is 17.6 Å². The number of rotatable bonds is 6. The molecule has 2 rings (SSSR count). The molecule has 0 saturated carbocycles. The van der Waals surface area contributed by atoms with Crippen LogP contribution >= 0.6 is 0 Å². The summed E-state index contributed by atoms with van der Waals surface area (Å²) in [5, 5.41) is 2.78.